The fourth-order valence-electron chi connectivity index (χ4n) is 3.41. The van der Waals surface area contributed by atoms with Crippen molar-refractivity contribution in [1.82, 2.24) is 9.55 Å². The van der Waals surface area contributed by atoms with E-state index >= 15 is 0 Å². The Bertz CT molecular complexity index is 1190. The second-order valence-electron chi connectivity index (χ2n) is 7.39. The van der Waals surface area contributed by atoms with Crippen LogP contribution >= 0.6 is 22.7 Å². The van der Waals surface area contributed by atoms with Gasteiger partial charge in [0, 0.05) is 17.8 Å². The topological polar surface area (TPSA) is 90.3 Å². The molecule has 0 radical (unpaired) electrons. The van der Waals surface area contributed by atoms with Gasteiger partial charge in [0.25, 0.3) is 5.56 Å². The normalized spacial score (nSPS) is 13.6. The number of amides is 1. The monoisotopic (exact) mass is 445 g/mol. The van der Waals surface area contributed by atoms with Crippen LogP contribution in [0.15, 0.2) is 16.5 Å². The zero-order valence-electron chi connectivity index (χ0n) is 17.1. The average Bonchev–Trinajstić information content (AvgIpc) is 3.40. The van der Waals surface area contributed by atoms with Gasteiger partial charge in [0.2, 0.25) is 5.91 Å². The van der Waals surface area contributed by atoms with Crippen LogP contribution in [0.3, 0.4) is 0 Å². The van der Waals surface area contributed by atoms with Gasteiger partial charge in [0.05, 0.1) is 23.9 Å². The summed E-state index contributed by atoms with van der Waals surface area (Å²) in [5.41, 5.74) is 2.25. The molecule has 9 heteroatoms. The smallest absolute Gasteiger partial charge is 0.341 e. The molecule has 3 aromatic rings. The fourth-order valence-corrected chi connectivity index (χ4v) is 5.45. The van der Waals surface area contributed by atoms with Gasteiger partial charge < -0.3 is 10.1 Å². The third-order valence-corrected chi connectivity index (χ3v) is 7.33. The summed E-state index contributed by atoms with van der Waals surface area (Å²) >= 11 is 2.85. The molecule has 1 N–H and O–H groups in total. The van der Waals surface area contributed by atoms with Crippen molar-refractivity contribution in [3.8, 4) is 0 Å². The number of fused-ring (bicyclic) bond motifs is 1. The van der Waals surface area contributed by atoms with Gasteiger partial charge in [0.1, 0.15) is 9.83 Å². The molecule has 0 atom stereocenters. The van der Waals surface area contributed by atoms with E-state index < -0.39 is 5.97 Å². The Morgan fingerprint density at radius 2 is 2.10 bits per heavy atom. The van der Waals surface area contributed by atoms with Crippen molar-refractivity contribution in [3.05, 3.63) is 43.6 Å². The number of aryl methyl sites for hydroxylation is 3. The Morgan fingerprint density at radius 3 is 2.80 bits per heavy atom. The summed E-state index contributed by atoms with van der Waals surface area (Å²) in [6.45, 7) is 6.15. The third kappa shape index (κ3) is 3.91. The molecule has 0 aliphatic heterocycles. The third-order valence-electron chi connectivity index (χ3n) is 5.30. The molecule has 1 saturated carbocycles. The Labute approximate surface area is 181 Å². The van der Waals surface area contributed by atoms with Crippen LogP contribution in [0.25, 0.3) is 10.2 Å². The first-order chi connectivity index (χ1) is 14.4. The van der Waals surface area contributed by atoms with Gasteiger partial charge >= 0.3 is 5.97 Å². The number of carbonyl (C=O) groups is 2. The minimum absolute atomic E-state index is 0.105. The number of thiophene rings is 2. The Morgan fingerprint density at radius 1 is 1.33 bits per heavy atom. The summed E-state index contributed by atoms with van der Waals surface area (Å²) in [5.74, 6) is -0.278. The molecular formula is C21H23N3O4S2. The van der Waals surface area contributed by atoms with Crippen molar-refractivity contribution >= 4 is 49.8 Å². The number of nitrogens with one attached hydrogen (secondary N) is 1. The highest BCUT2D eigenvalue weighted by Gasteiger charge is 2.32. The molecule has 1 fully saturated rings. The van der Waals surface area contributed by atoms with Gasteiger partial charge in [-0.05, 0) is 56.0 Å². The van der Waals surface area contributed by atoms with E-state index in [2.05, 4.69) is 10.3 Å². The lowest BCUT2D eigenvalue weighted by Crippen LogP contribution is -2.24. The van der Waals surface area contributed by atoms with Crippen LogP contribution in [0, 0.1) is 13.8 Å². The molecule has 0 saturated heterocycles. The fraction of sp³-hybridized carbons (Fsp3) is 0.429. The molecule has 3 heterocycles. The number of hydrogen-bond donors (Lipinski definition) is 1. The summed E-state index contributed by atoms with van der Waals surface area (Å²) < 4.78 is 6.66. The lowest BCUT2D eigenvalue weighted by atomic mass is 10.1. The lowest BCUT2D eigenvalue weighted by molar-refractivity contribution is -0.116. The van der Waals surface area contributed by atoms with Crippen molar-refractivity contribution in [2.45, 2.75) is 52.5 Å². The first kappa shape index (κ1) is 20.7. The van der Waals surface area contributed by atoms with E-state index in [4.69, 9.17) is 4.74 Å². The van der Waals surface area contributed by atoms with Crippen LogP contribution in [0.2, 0.25) is 0 Å². The van der Waals surface area contributed by atoms with E-state index in [0.717, 1.165) is 33.7 Å². The van der Waals surface area contributed by atoms with Gasteiger partial charge in [-0.1, -0.05) is 0 Å². The molecule has 7 nitrogen and oxygen atoms in total. The lowest BCUT2D eigenvalue weighted by Gasteiger charge is -2.09. The van der Waals surface area contributed by atoms with Crippen molar-refractivity contribution in [2.75, 3.05) is 11.9 Å². The van der Waals surface area contributed by atoms with E-state index in [-0.39, 0.29) is 31.0 Å². The molecule has 0 unspecified atom stereocenters. The summed E-state index contributed by atoms with van der Waals surface area (Å²) in [6, 6.07) is 0. The highest BCUT2D eigenvalue weighted by atomic mass is 32.1. The molecule has 1 aliphatic rings. The largest absolute Gasteiger partial charge is 0.462 e. The number of hydrogen-bond acceptors (Lipinski definition) is 7. The number of anilines is 1. The Hall–Kier alpha value is -2.52. The number of esters is 1. The zero-order valence-corrected chi connectivity index (χ0v) is 18.7. The maximum absolute atomic E-state index is 12.8. The molecule has 0 bridgehead atoms. The van der Waals surface area contributed by atoms with Crippen molar-refractivity contribution in [1.29, 1.82) is 0 Å². The molecule has 4 rings (SSSR count). The number of nitrogens with zero attached hydrogens (tertiary/aromatic N) is 2. The molecule has 30 heavy (non-hydrogen) atoms. The van der Waals surface area contributed by atoms with Crippen LogP contribution < -0.4 is 10.9 Å². The maximum Gasteiger partial charge on any atom is 0.341 e. The van der Waals surface area contributed by atoms with Crippen LogP contribution in [0.5, 0.6) is 0 Å². The minimum Gasteiger partial charge on any atom is -0.462 e. The summed E-state index contributed by atoms with van der Waals surface area (Å²) in [6.07, 6.45) is 3.70. The molecule has 3 aromatic heterocycles. The first-order valence-corrected chi connectivity index (χ1v) is 11.6. The van der Waals surface area contributed by atoms with Gasteiger partial charge in [-0.25, -0.2) is 9.78 Å². The summed E-state index contributed by atoms with van der Waals surface area (Å²) in [7, 11) is 0. The van der Waals surface area contributed by atoms with Gasteiger partial charge in [-0.2, -0.15) is 0 Å². The molecule has 1 aliphatic carbocycles. The molecule has 0 aromatic carbocycles. The Kier molecular flexibility index (Phi) is 5.75. The molecule has 1 amide bonds. The maximum atomic E-state index is 12.8. The van der Waals surface area contributed by atoms with E-state index in [1.54, 1.807) is 6.92 Å². The number of ether oxygens (including phenoxy) is 1. The standard InChI is InChI=1S/C21H23N3O4S2/c1-4-28-21(27)17-14(13-5-6-13)9-29-19(17)23-15(25)7-8-24-10-22-18-16(20(24)26)11(2)12(3)30-18/h9-10,13H,4-8H2,1-3H3,(H,23,25). The summed E-state index contributed by atoms with van der Waals surface area (Å²) in [5, 5.41) is 5.92. The number of rotatable bonds is 7. The summed E-state index contributed by atoms with van der Waals surface area (Å²) in [4.78, 5) is 43.9. The van der Waals surface area contributed by atoms with Crippen LogP contribution in [-0.2, 0) is 16.1 Å². The average molecular weight is 446 g/mol. The number of aromatic nitrogens is 2. The van der Waals surface area contributed by atoms with Gasteiger partial charge in [0.15, 0.2) is 0 Å². The second-order valence-corrected chi connectivity index (χ2v) is 9.48. The zero-order chi connectivity index (χ0) is 21.4. The first-order valence-electron chi connectivity index (χ1n) is 9.94. The van der Waals surface area contributed by atoms with E-state index in [0.29, 0.717) is 21.9 Å². The van der Waals surface area contributed by atoms with Crippen LogP contribution in [-0.4, -0.2) is 28.0 Å². The minimum atomic E-state index is -0.398. The highest BCUT2D eigenvalue weighted by molar-refractivity contribution is 7.18. The van der Waals surface area contributed by atoms with Gasteiger partial charge in [-0.15, -0.1) is 22.7 Å². The van der Waals surface area contributed by atoms with Crippen LogP contribution in [0.1, 0.15) is 58.5 Å². The highest BCUT2D eigenvalue weighted by Crippen LogP contribution is 2.46. The van der Waals surface area contributed by atoms with Crippen molar-refractivity contribution in [3.63, 3.8) is 0 Å². The predicted molar refractivity (Wildman–Crippen MR) is 119 cm³/mol. The SMILES string of the molecule is CCOC(=O)c1c(C2CC2)csc1NC(=O)CCn1cnc2sc(C)c(C)c2c1=O. The van der Waals surface area contributed by atoms with E-state index in [9.17, 15) is 14.4 Å². The van der Waals surface area contributed by atoms with Crippen LogP contribution in [0.4, 0.5) is 5.00 Å². The number of carbonyl (C=O) groups excluding carboxylic acids is 2. The van der Waals surface area contributed by atoms with Crippen molar-refractivity contribution < 1.29 is 14.3 Å². The van der Waals surface area contributed by atoms with E-state index in [1.165, 1.54) is 33.6 Å². The molecule has 0 spiro atoms. The molecule has 158 valence electrons. The second kappa shape index (κ2) is 8.31. The predicted octanol–water partition coefficient (Wildman–Crippen LogP) is 4.22. The van der Waals surface area contributed by atoms with Crippen molar-refractivity contribution in [2.24, 2.45) is 0 Å². The Balaban J connectivity index is 1.49. The van der Waals surface area contributed by atoms with Gasteiger partial charge in [-0.3, -0.25) is 14.2 Å². The molecular weight excluding hydrogens is 422 g/mol. The quantitative estimate of drug-likeness (QED) is 0.550. The van der Waals surface area contributed by atoms with E-state index in [1.807, 2.05) is 19.2 Å².